The van der Waals surface area contributed by atoms with E-state index in [1.54, 1.807) is 13.0 Å². The number of carbonyl (C=O) groups excluding carboxylic acids is 1. The van der Waals surface area contributed by atoms with Gasteiger partial charge in [-0.05, 0) is 26.3 Å². The van der Waals surface area contributed by atoms with Crippen molar-refractivity contribution in [3.05, 3.63) is 28.0 Å². The van der Waals surface area contributed by atoms with Gasteiger partial charge in [-0.25, -0.2) is 4.79 Å². The maximum atomic E-state index is 11.5. The topological polar surface area (TPSA) is 71.2 Å². The van der Waals surface area contributed by atoms with Crippen LogP contribution in [0.15, 0.2) is 16.9 Å². The molecule has 5 nitrogen and oxygen atoms in total. The summed E-state index contributed by atoms with van der Waals surface area (Å²) in [6, 6.07) is 3.05. The molecular formula is C12H18IN2NaO3. The average molecular weight is 388 g/mol. The summed E-state index contributed by atoms with van der Waals surface area (Å²) >= 11 is 0. The number of H-pyrrole nitrogens is 1. The van der Waals surface area contributed by atoms with Crippen molar-refractivity contribution >= 4 is 11.8 Å². The molecule has 19 heavy (non-hydrogen) atoms. The van der Waals surface area contributed by atoms with Crippen LogP contribution in [-0.4, -0.2) is 23.6 Å². The molecule has 1 heterocycles. The van der Waals surface area contributed by atoms with Gasteiger partial charge in [-0.15, -0.1) is 0 Å². The molecule has 0 radical (unpaired) electrons. The van der Waals surface area contributed by atoms with Crippen molar-refractivity contribution in [2.45, 2.75) is 33.2 Å². The Morgan fingerprint density at radius 1 is 1.42 bits per heavy atom. The number of carbonyl (C=O) groups is 1. The second-order valence-electron chi connectivity index (χ2n) is 3.82. The number of aromatic nitrogens is 1. The van der Waals surface area contributed by atoms with Crippen LogP contribution in [0.1, 0.15) is 37.6 Å². The van der Waals surface area contributed by atoms with Crippen molar-refractivity contribution in [1.29, 1.82) is 0 Å². The number of esters is 1. The Hall–Kier alpha value is -0.0500. The molecule has 0 aromatic carbocycles. The first-order valence-electron chi connectivity index (χ1n) is 5.74. The van der Waals surface area contributed by atoms with E-state index >= 15 is 0 Å². The van der Waals surface area contributed by atoms with Crippen LogP contribution >= 0.6 is 0 Å². The Bertz CT molecular complexity index is 451. The van der Waals surface area contributed by atoms with Gasteiger partial charge in [0.05, 0.1) is 12.2 Å². The zero-order valence-corrected chi connectivity index (χ0v) is 15.9. The maximum Gasteiger partial charge on any atom is 1.00 e. The van der Waals surface area contributed by atoms with Crippen molar-refractivity contribution < 1.29 is 63.1 Å². The number of aromatic amines is 1. The van der Waals surface area contributed by atoms with Gasteiger partial charge >= 0.3 is 35.5 Å². The standard InChI is InChI=1S/C12H18N2O3.HI.Na/c1-4-8(3)13-10-6-9(7-11(15)14-10)12(16)17-5-2;;/h6-8H,4-5H2,1-3H3,(H2,13,14,15);1H;/q;;+1/p-1/t8-;;/m0../s1. The summed E-state index contributed by atoms with van der Waals surface area (Å²) in [5.41, 5.74) is -0.0530. The molecule has 102 valence electrons. The van der Waals surface area contributed by atoms with Gasteiger partial charge in [-0.1, -0.05) is 6.92 Å². The van der Waals surface area contributed by atoms with E-state index in [1.165, 1.54) is 6.07 Å². The first-order chi connectivity index (χ1) is 8.06. The van der Waals surface area contributed by atoms with Crippen LogP contribution < -0.4 is 64.4 Å². The van der Waals surface area contributed by atoms with E-state index in [2.05, 4.69) is 10.3 Å². The van der Waals surface area contributed by atoms with Gasteiger partial charge in [0.15, 0.2) is 0 Å². The molecule has 0 amide bonds. The largest absolute Gasteiger partial charge is 1.00 e. The van der Waals surface area contributed by atoms with E-state index < -0.39 is 5.97 Å². The fraction of sp³-hybridized carbons (Fsp3) is 0.500. The van der Waals surface area contributed by atoms with Crippen LogP contribution in [0.4, 0.5) is 5.82 Å². The molecular weight excluding hydrogens is 370 g/mol. The molecule has 0 saturated carbocycles. The molecule has 1 aromatic heterocycles. The van der Waals surface area contributed by atoms with Crippen LogP contribution in [-0.2, 0) is 4.74 Å². The Morgan fingerprint density at radius 3 is 2.58 bits per heavy atom. The Labute approximate surface area is 152 Å². The Kier molecular flexibility index (Phi) is 12.0. The van der Waals surface area contributed by atoms with Gasteiger partial charge in [-0.3, -0.25) is 4.79 Å². The van der Waals surface area contributed by atoms with Gasteiger partial charge in [0, 0.05) is 12.1 Å². The number of ether oxygens (including phenoxy) is 1. The van der Waals surface area contributed by atoms with E-state index in [4.69, 9.17) is 4.74 Å². The van der Waals surface area contributed by atoms with Gasteiger partial charge in [0.2, 0.25) is 5.56 Å². The quantitative estimate of drug-likeness (QED) is 0.305. The predicted molar refractivity (Wildman–Crippen MR) is 66.4 cm³/mol. The number of hydrogen-bond donors (Lipinski definition) is 2. The Balaban J connectivity index is 0. The second-order valence-corrected chi connectivity index (χ2v) is 3.82. The summed E-state index contributed by atoms with van der Waals surface area (Å²) in [7, 11) is 0. The summed E-state index contributed by atoms with van der Waals surface area (Å²) in [4.78, 5) is 25.5. The third-order valence-corrected chi connectivity index (χ3v) is 2.37. The summed E-state index contributed by atoms with van der Waals surface area (Å²) in [5.74, 6) is 0.0562. The van der Waals surface area contributed by atoms with Crippen molar-refractivity contribution in [2.75, 3.05) is 11.9 Å². The molecule has 1 rings (SSSR count). The number of rotatable bonds is 5. The molecule has 1 aromatic rings. The Morgan fingerprint density at radius 2 is 2.05 bits per heavy atom. The van der Waals surface area contributed by atoms with Crippen molar-refractivity contribution in [3.8, 4) is 0 Å². The van der Waals surface area contributed by atoms with E-state index in [0.29, 0.717) is 12.4 Å². The second kappa shape index (κ2) is 10.7. The van der Waals surface area contributed by atoms with E-state index in [9.17, 15) is 9.59 Å². The van der Waals surface area contributed by atoms with E-state index in [1.807, 2.05) is 13.8 Å². The molecule has 0 aliphatic carbocycles. The minimum Gasteiger partial charge on any atom is -1.00 e. The first kappa shape index (κ1) is 21.3. The van der Waals surface area contributed by atoms with Crippen LogP contribution in [0, 0.1) is 0 Å². The molecule has 7 heteroatoms. The summed E-state index contributed by atoms with van der Waals surface area (Å²) in [6.45, 7) is 6.05. The number of nitrogens with one attached hydrogen (secondary N) is 2. The normalized spacial score (nSPS) is 10.7. The third kappa shape index (κ3) is 7.34. The summed E-state index contributed by atoms with van der Waals surface area (Å²) < 4.78 is 4.85. The van der Waals surface area contributed by atoms with Crippen LogP contribution in [0.5, 0.6) is 0 Å². The van der Waals surface area contributed by atoms with Crippen molar-refractivity contribution in [1.82, 2.24) is 4.98 Å². The first-order valence-corrected chi connectivity index (χ1v) is 5.74. The van der Waals surface area contributed by atoms with Gasteiger partial charge in [0.1, 0.15) is 5.82 Å². The molecule has 1 atom stereocenters. The van der Waals surface area contributed by atoms with Crippen molar-refractivity contribution in [2.24, 2.45) is 0 Å². The molecule has 2 N–H and O–H groups in total. The minimum absolute atomic E-state index is 0. The van der Waals surface area contributed by atoms with Gasteiger partial charge in [0.25, 0.3) is 0 Å². The number of hydrogen-bond acceptors (Lipinski definition) is 4. The van der Waals surface area contributed by atoms with Crippen molar-refractivity contribution in [3.63, 3.8) is 0 Å². The monoisotopic (exact) mass is 388 g/mol. The predicted octanol–water partition coefficient (Wildman–Crippen LogP) is -4.23. The van der Waals surface area contributed by atoms with E-state index in [0.717, 1.165) is 6.42 Å². The smallest absolute Gasteiger partial charge is 1.00 e. The van der Waals surface area contributed by atoms with Crippen LogP contribution in [0.2, 0.25) is 0 Å². The molecule has 0 spiro atoms. The van der Waals surface area contributed by atoms with Crippen LogP contribution in [0.25, 0.3) is 0 Å². The maximum absolute atomic E-state index is 11.5. The molecule has 0 bridgehead atoms. The van der Waals surface area contributed by atoms with E-state index in [-0.39, 0.29) is 70.7 Å². The number of anilines is 1. The molecule has 0 aliphatic heterocycles. The zero-order valence-electron chi connectivity index (χ0n) is 11.7. The molecule has 0 unspecified atom stereocenters. The molecule has 0 fully saturated rings. The number of pyridine rings is 1. The SMILES string of the molecule is CCOC(=O)c1cc(N[C@@H](C)CC)[nH]c(=O)c1.[I-].[Na+]. The average Bonchev–Trinajstić information content (AvgIpc) is 2.28. The van der Waals surface area contributed by atoms with Gasteiger partial charge in [-0.2, -0.15) is 0 Å². The van der Waals surface area contributed by atoms with Crippen LogP contribution in [0.3, 0.4) is 0 Å². The van der Waals surface area contributed by atoms with Gasteiger partial charge < -0.3 is 39.0 Å². The third-order valence-electron chi connectivity index (χ3n) is 2.37. The minimum atomic E-state index is -0.481. The fourth-order valence-electron chi connectivity index (χ4n) is 1.32. The molecule has 0 aliphatic rings. The zero-order chi connectivity index (χ0) is 12.8. The summed E-state index contributed by atoms with van der Waals surface area (Å²) in [6.07, 6.45) is 0.922. The fourth-order valence-corrected chi connectivity index (χ4v) is 1.32. The number of halogens is 1. The summed E-state index contributed by atoms with van der Waals surface area (Å²) in [5, 5.41) is 3.11. The molecule has 0 saturated heterocycles.